The van der Waals surface area contributed by atoms with Crippen LogP contribution >= 0.6 is 8.58 Å². The average molecular weight is 415 g/mol. The van der Waals surface area contributed by atoms with Gasteiger partial charge in [-0.25, -0.2) is 0 Å². The number of hydrogen-bond donors (Lipinski definition) is 0. The SMILES string of the molecule is Cc1cc(C)c(C(=O)Pc2ccc(OC(C)(C)C)cc2OC(C)(C)C)c(C)c1C. The lowest BCUT2D eigenvalue weighted by Gasteiger charge is -2.26. The van der Waals surface area contributed by atoms with Gasteiger partial charge in [0.15, 0.2) is 5.52 Å². The van der Waals surface area contributed by atoms with Crippen LogP contribution < -0.4 is 14.8 Å². The Balaban J connectivity index is 2.44. The largest absolute Gasteiger partial charge is 0.488 e. The van der Waals surface area contributed by atoms with Crippen molar-refractivity contribution in [3.8, 4) is 11.5 Å². The summed E-state index contributed by atoms with van der Waals surface area (Å²) in [6.45, 7) is 20.3. The lowest BCUT2D eigenvalue weighted by Crippen LogP contribution is -2.26. The summed E-state index contributed by atoms with van der Waals surface area (Å²) >= 11 is 0. The van der Waals surface area contributed by atoms with E-state index in [1.54, 1.807) is 0 Å². The van der Waals surface area contributed by atoms with Crippen LogP contribution in [0.1, 0.15) is 74.2 Å². The van der Waals surface area contributed by atoms with Gasteiger partial charge < -0.3 is 9.47 Å². The fraction of sp³-hybridized carbons (Fsp3) is 0.480. The van der Waals surface area contributed by atoms with E-state index in [-0.39, 0.29) is 25.3 Å². The second-order valence-corrected chi connectivity index (χ2v) is 10.9. The van der Waals surface area contributed by atoms with Crippen LogP contribution in [-0.4, -0.2) is 16.7 Å². The molecule has 0 saturated heterocycles. The van der Waals surface area contributed by atoms with E-state index in [2.05, 4.69) is 19.9 Å². The third-order valence-electron chi connectivity index (χ3n) is 4.62. The number of aryl methyl sites for hydroxylation is 2. The molecule has 0 amide bonds. The van der Waals surface area contributed by atoms with Crippen molar-refractivity contribution in [2.45, 2.75) is 80.4 Å². The lowest BCUT2D eigenvalue weighted by molar-refractivity contribution is 0.108. The van der Waals surface area contributed by atoms with E-state index in [4.69, 9.17) is 9.47 Å². The van der Waals surface area contributed by atoms with Crippen LogP contribution in [0.15, 0.2) is 24.3 Å². The van der Waals surface area contributed by atoms with Crippen LogP contribution in [0.4, 0.5) is 0 Å². The molecule has 29 heavy (non-hydrogen) atoms. The minimum Gasteiger partial charge on any atom is -0.488 e. The Morgan fingerprint density at radius 1 is 0.793 bits per heavy atom. The van der Waals surface area contributed by atoms with E-state index in [0.29, 0.717) is 5.75 Å². The number of carbonyl (C=O) groups is 1. The van der Waals surface area contributed by atoms with Gasteiger partial charge in [-0.15, -0.1) is 0 Å². The molecule has 2 rings (SSSR count). The zero-order chi connectivity index (χ0) is 22.1. The fourth-order valence-corrected chi connectivity index (χ4v) is 4.42. The Kier molecular flexibility index (Phi) is 6.85. The topological polar surface area (TPSA) is 35.5 Å². The van der Waals surface area contributed by atoms with Gasteiger partial charge in [0.2, 0.25) is 0 Å². The molecule has 0 bridgehead atoms. The second kappa shape index (κ2) is 8.48. The molecule has 4 heteroatoms. The normalized spacial score (nSPS) is 12.5. The van der Waals surface area contributed by atoms with Crippen LogP contribution in [0.25, 0.3) is 0 Å². The molecule has 0 N–H and O–H groups in total. The van der Waals surface area contributed by atoms with E-state index in [0.717, 1.165) is 27.7 Å². The summed E-state index contributed by atoms with van der Waals surface area (Å²) in [7, 11) is -0.00868. The van der Waals surface area contributed by atoms with Crippen molar-refractivity contribution in [1.82, 2.24) is 0 Å². The summed E-state index contributed by atoms with van der Waals surface area (Å²) in [5.74, 6) is 1.46. The van der Waals surface area contributed by atoms with Crippen molar-refractivity contribution < 1.29 is 14.3 Å². The molecule has 3 nitrogen and oxygen atoms in total. The number of rotatable bonds is 5. The van der Waals surface area contributed by atoms with Crippen molar-refractivity contribution in [3.05, 3.63) is 52.1 Å². The summed E-state index contributed by atoms with van der Waals surface area (Å²) in [5, 5.41) is 0.906. The number of ether oxygens (including phenoxy) is 2. The highest BCUT2D eigenvalue weighted by atomic mass is 31.1. The van der Waals surface area contributed by atoms with Crippen LogP contribution in [0.2, 0.25) is 0 Å². The Morgan fingerprint density at radius 2 is 1.38 bits per heavy atom. The molecule has 0 saturated carbocycles. The van der Waals surface area contributed by atoms with Gasteiger partial charge in [0, 0.05) is 16.9 Å². The summed E-state index contributed by atoms with van der Waals surface area (Å²) in [5.41, 5.74) is 4.83. The molecule has 0 radical (unpaired) electrons. The molecule has 2 aromatic rings. The predicted molar refractivity (Wildman–Crippen MR) is 125 cm³/mol. The first-order chi connectivity index (χ1) is 13.2. The zero-order valence-electron chi connectivity index (χ0n) is 19.5. The van der Waals surface area contributed by atoms with E-state index in [9.17, 15) is 4.79 Å². The highest BCUT2D eigenvalue weighted by Crippen LogP contribution is 2.33. The van der Waals surface area contributed by atoms with Crippen LogP contribution in [0.3, 0.4) is 0 Å². The second-order valence-electron chi connectivity index (χ2n) is 9.68. The van der Waals surface area contributed by atoms with E-state index >= 15 is 0 Å². The molecule has 0 aliphatic heterocycles. The van der Waals surface area contributed by atoms with Gasteiger partial charge in [-0.2, -0.15) is 0 Å². The molecule has 0 spiro atoms. The van der Waals surface area contributed by atoms with Crippen molar-refractivity contribution in [1.29, 1.82) is 0 Å². The third-order valence-corrected chi connectivity index (χ3v) is 5.78. The Bertz CT molecular complexity index is 915. The highest BCUT2D eigenvalue weighted by molar-refractivity contribution is 7.66. The van der Waals surface area contributed by atoms with Gasteiger partial charge in [0.1, 0.15) is 22.7 Å². The van der Waals surface area contributed by atoms with Gasteiger partial charge >= 0.3 is 0 Å². The number of carbonyl (C=O) groups excluding carboxylic acids is 1. The molecule has 0 aliphatic rings. The summed E-state index contributed by atoms with van der Waals surface area (Å²) < 4.78 is 12.2. The number of hydrogen-bond acceptors (Lipinski definition) is 3. The first-order valence-corrected chi connectivity index (χ1v) is 11.1. The lowest BCUT2D eigenvalue weighted by atomic mass is 9.95. The Morgan fingerprint density at radius 3 is 1.93 bits per heavy atom. The molecule has 0 fully saturated rings. The van der Waals surface area contributed by atoms with Gasteiger partial charge in [-0.05, 0) is 112 Å². The maximum atomic E-state index is 13.3. The number of benzene rings is 2. The minimum atomic E-state index is -0.366. The van der Waals surface area contributed by atoms with E-state index in [1.807, 2.05) is 73.6 Å². The van der Waals surface area contributed by atoms with Crippen LogP contribution in [0, 0.1) is 27.7 Å². The maximum Gasteiger partial charge on any atom is 0.186 e. The fourth-order valence-electron chi connectivity index (χ4n) is 3.26. The van der Waals surface area contributed by atoms with Crippen molar-refractivity contribution in [3.63, 3.8) is 0 Å². The molecule has 0 heterocycles. The van der Waals surface area contributed by atoms with Crippen molar-refractivity contribution in [2.24, 2.45) is 0 Å². The maximum absolute atomic E-state index is 13.3. The van der Waals surface area contributed by atoms with Gasteiger partial charge in [-0.1, -0.05) is 6.07 Å². The quantitative estimate of drug-likeness (QED) is 0.530. The van der Waals surface area contributed by atoms with Crippen molar-refractivity contribution in [2.75, 3.05) is 0 Å². The standard InChI is InChI=1S/C25H35O3P/c1-15-13-16(2)22(18(4)17(15)3)23(26)29-21-12-11-19(27-24(5,6)7)14-20(21)28-25(8,9)10/h11-14,29H,1-10H3. The Hall–Kier alpha value is -1.86. The Labute approximate surface area is 178 Å². The third kappa shape index (κ3) is 6.31. The van der Waals surface area contributed by atoms with E-state index in [1.165, 1.54) is 11.1 Å². The first kappa shape index (κ1) is 23.4. The molecule has 0 aliphatic carbocycles. The molecule has 1 unspecified atom stereocenters. The average Bonchev–Trinajstić information content (AvgIpc) is 2.52. The molecule has 2 aromatic carbocycles. The smallest absolute Gasteiger partial charge is 0.186 e. The van der Waals surface area contributed by atoms with Gasteiger partial charge in [-0.3, -0.25) is 4.79 Å². The van der Waals surface area contributed by atoms with Crippen LogP contribution in [-0.2, 0) is 0 Å². The minimum absolute atomic E-state index is 0.00868. The molecular formula is C25H35O3P. The van der Waals surface area contributed by atoms with E-state index < -0.39 is 0 Å². The predicted octanol–water partition coefficient (Wildman–Crippen LogP) is 6.42. The summed E-state index contributed by atoms with van der Waals surface area (Å²) in [6.07, 6.45) is 0. The molecule has 0 aromatic heterocycles. The van der Waals surface area contributed by atoms with Crippen LogP contribution in [0.5, 0.6) is 11.5 Å². The van der Waals surface area contributed by atoms with Gasteiger partial charge in [0.05, 0.1) is 0 Å². The summed E-state index contributed by atoms with van der Waals surface area (Å²) in [6, 6.07) is 7.90. The summed E-state index contributed by atoms with van der Waals surface area (Å²) in [4.78, 5) is 13.3. The molecule has 1 atom stereocenters. The monoisotopic (exact) mass is 414 g/mol. The van der Waals surface area contributed by atoms with Crippen molar-refractivity contribution >= 4 is 19.4 Å². The molecular weight excluding hydrogens is 379 g/mol. The first-order valence-electron chi connectivity index (χ1n) is 10.1. The molecule has 158 valence electrons. The van der Waals surface area contributed by atoms with Gasteiger partial charge in [0.25, 0.3) is 0 Å². The highest BCUT2D eigenvalue weighted by Gasteiger charge is 2.21. The zero-order valence-corrected chi connectivity index (χ0v) is 20.5.